The molecule has 102 valence electrons. The molecule has 1 atom stereocenters. The fourth-order valence-corrected chi connectivity index (χ4v) is 2.03. The number of amides is 1. The van der Waals surface area contributed by atoms with Crippen molar-refractivity contribution in [1.29, 1.82) is 0 Å². The molecule has 2 heterocycles. The number of hydrogen-bond acceptors (Lipinski definition) is 4. The number of carbonyl (C=O) groups excluding carboxylic acids is 1. The monoisotopic (exact) mass is 261 g/mol. The summed E-state index contributed by atoms with van der Waals surface area (Å²) in [6.07, 6.45) is 1.70. The highest BCUT2D eigenvalue weighted by atomic mass is 16.2. The van der Waals surface area contributed by atoms with Crippen molar-refractivity contribution in [3.63, 3.8) is 0 Å². The van der Waals surface area contributed by atoms with E-state index in [0.717, 1.165) is 11.1 Å². The molecule has 1 amide bonds. The second-order valence-electron chi connectivity index (χ2n) is 4.98. The number of nitrogens with two attached hydrogens (primary N) is 1. The average molecular weight is 261 g/mol. The molecule has 19 heavy (non-hydrogen) atoms. The van der Waals surface area contributed by atoms with Crippen LogP contribution in [0.25, 0.3) is 11.2 Å². The molecule has 6 heteroatoms. The van der Waals surface area contributed by atoms with Crippen LogP contribution in [0.1, 0.15) is 32.4 Å². The maximum Gasteiger partial charge on any atom is 0.243 e. The second-order valence-corrected chi connectivity index (χ2v) is 4.98. The molecule has 0 bridgehead atoms. The lowest BCUT2D eigenvalue weighted by molar-refractivity contribution is -0.124. The van der Waals surface area contributed by atoms with Crippen LogP contribution in [-0.2, 0) is 4.79 Å². The van der Waals surface area contributed by atoms with Crippen molar-refractivity contribution in [3.8, 4) is 0 Å². The highest BCUT2D eigenvalue weighted by Crippen LogP contribution is 2.23. The Hall–Kier alpha value is -2.11. The quantitative estimate of drug-likeness (QED) is 0.874. The molecule has 0 fully saturated rings. The Kier molecular flexibility index (Phi) is 3.42. The number of aromatic nitrogens is 3. The number of rotatable bonds is 3. The molecule has 3 N–H and O–H groups in total. The van der Waals surface area contributed by atoms with E-state index in [4.69, 9.17) is 5.73 Å². The number of nitrogen functional groups attached to an aromatic ring is 1. The van der Waals surface area contributed by atoms with E-state index in [9.17, 15) is 4.79 Å². The van der Waals surface area contributed by atoms with Gasteiger partial charge in [0, 0.05) is 12.2 Å². The van der Waals surface area contributed by atoms with Crippen LogP contribution >= 0.6 is 0 Å². The fraction of sp³-hybridized carbons (Fsp3) is 0.462. The summed E-state index contributed by atoms with van der Waals surface area (Å²) >= 11 is 0. The van der Waals surface area contributed by atoms with E-state index in [2.05, 4.69) is 15.3 Å². The molecule has 2 aromatic heterocycles. The first kappa shape index (κ1) is 13.3. The van der Waals surface area contributed by atoms with E-state index >= 15 is 0 Å². The molecule has 2 aromatic rings. The number of anilines is 1. The minimum Gasteiger partial charge on any atom is -0.369 e. The molecule has 0 aliphatic rings. The number of nitrogens with one attached hydrogen (secondary N) is 1. The van der Waals surface area contributed by atoms with Crippen molar-refractivity contribution in [1.82, 2.24) is 19.9 Å². The summed E-state index contributed by atoms with van der Waals surface area (Å²) in [5, 5.41) is 2.87. The Morgan fingerprint density at radius 2 is 2.11 bits per heavy atom. The number of imidazole rings is 1. The van der Waals surface area contributed by atoms with Gasteiger partial charge in [0.2, 0.25) is 11.9 Å². The zero-order chi connectivity index (χ0) is 14.2. The standard InChI is InChI=1S/C13H19N5O/c1-7(2)16-12(19)9(4)18-11-10(17-13(18)14)8(3)5-6-15-11/h5-7,9H,1-4H3,(H2,14,17)(H,16,19). The first-order chi connectivity index (χ1) is 8.91. The van der Waals surface area contributed by atoms with Gasteiger partial charge in [-0.1, -0.05) is 0 Å². The van der Waals surface area contributed by atoms with Gasteiger partial charge in [-0.05, 0) is 39.3 Å². The summed E-state index contributed by atoms with van der Waals surface area (Å²) in [5.41, 5.74) is 8.30. The van der Waals surface area contributed by atoms with Crippen LogP contribution in [0.5, 0.6) is 0 Å². The molecule has 0 spiro atoms. The number of nitrogens with zero attached hydrogens (tertiary/aromatic N) is 3. The van der Waals surface area contributed by atoms with Crippen molar-refractivity contribution < 1.29 is 4.79 Å². The van der Waals surface area contributed by atoms with Crippen LogP contribution in [-0.4, -0.2) is 26.5 Å². The highest BCUT2D eigenvalue weighted by molar-refractivity contribution is 5.85. The van der Waals surface area contributed by atoms with Crippen molar-refractivity contribution in [3.05, 3.63) is 17.8 Å². The molecule has 0 radical (unpaired) electrons. The Labute approximate surface area is 112 Å². The summed E-state index contributed by atoms with van der Waals surface area (Å²) in [7, 11) is 0. The van der Waals surface area contributed by atoms with Gasteiger partial charge in [-0.2, -0.15) is 0 Å². The van der Waals surface area contributed by atoms with Gasteiger partial charge in [-0.3, -0.25) is 9.36 Å². The zero-order valence-electron chi connectivity index (χ0n) is 11.6. The summed E-state index contributed by atoms with van der Waals surface area (Å²) < 4.78 is 1.67. The van der Waals surface area contributed by atoms with Gasteiger partial charge >= 0.3 is 0 Å². The van der Waals surface area contributed by atoms with Crippen LogP contribution in [0.4, 0.5) is 5.95 Å². The van der Waals surface area contributed by atoms with Gasteiger partial charge in [-0.15, -0.1) is 0 Å². The number of fused-ring (bicyclic) bond motifs is 1. The van der Waals surface area contributed by atoms with E-state index in [1.165, 1.54) is 0 Å². The topological polar surface area (TPSA) is 85.8 Å². The largest absolute Gasteiger partial charge is 0.369 e. The normalized spacial score (nSPS) is 12.9. The molecule has 0 aromatic carbocycles. The second kappa shape index (κ2) is 4.87. The molecule has 2 rings (SSSR count). The minimum absolute atomic E-state index is 0.0839. The van der Waals surface area contributed by atoms with Gasteiger partial charge in [0.1, 0.15) is 11.6 Å². The smallest absolute Gasteiger partial charge is 0.243 e. The third kappa shape index (κ3) is 2.38. The van der Waals surface area contributed by atoms with Gasteiger partial charge < -0.3 is 11.1 Å². The SMILES string of the molecule is Cc1ccnc2c1nc(N)n2C(C)C(=O)NC(C)C. The van der Waals surface area contributed by atoms with Crippen molar-refractivity contribution in [2.75, 3.05) is 5.73 Å². The number of hydrogen-bond donors (Lipinski definition) is 2. The lowest BCUT2D eigenvalue weighted by Crippen LogP contribution is -2.36. The summed E-state index contributed by atoms with van der Waals surface area (Å²) in [6.45, 7) is 7.57. The van der Waals surface area contributed by atoms with E-state index in [-0.39, 0.29) is 11.9 Å². The third-order valence-electron chi connectivity index (χ3n) is 3.01. The molecule has 0 saturated heterocycles. The van der Waals surface area contributed by atoms with E-state index in [0.29, 0.717) is 11.6 Å². The molecule has 0 saturated carbocycles. The number of pyridine rings is 1. The van der Waals surface area contributed by atoms with Crippen molar-refractivity contribution >= 4 is 23.0 Å². The van der Waals surface area contributed by atoms with Crippen molar-refractivity contribution in [2.24, 2.45) is 0 Å². The van der Waals surface area contributed by atoms with E-state index in [1.807, 2.05) is 26.8 Å². The van der Waals surface area contributed by atoms with Crippen LogP contribution in [0.3, 0.4) is 0 Å². The Morgan fingerprint density at radius 3 is 2.74 bits per heavy atom. The van der Waals surface area contributed by atoms with Gasteiger partial charge in [-0.25, -0.2) is 9.97 Å². The molecule has 0 aliphatic heterocycles. The summed E-state index contributed by atoms with van der Waals surface area (Å²) in [6, 6.07) is 1.51. The van der Waals surface area contributed by atoms with Crippen LogP contribution in [0.15, 0.2) is 12.3 Å². The molecular weight excluding hydrogens is 242 g/mol. The average Bonchev–Trinajstić information content (AvgIpc) is 2.65. The predicted molar refractivity (Wildman–Crippen MR) is 74.7 cm³/mol. The van der Waals surface area contributed by atoms with E-state index in [1.54, 1.807) is 17.7 Å². The van der Waals surface area contributed by atoms with Crippen LogP contribution in [0, 0.1) is 6.92 Å². The minimum atomic E-state index is -0.443. The van der Waals surface area contributed by atoms with Gasteiger partial charge in [0.05, 0.1) is 0 Å². The molecule has 1 unspecified atom stereocenters. The Morgan fingerprint density at radius 1 is 1.42 bits per heavy atom. The van der Waals surface area contributed by atoms with Crippen molar-refractivity contribution in [2.45, 2.75) is 39.8 Å². The van der Waals surface area contributed by atoms with E-state index < -0.39 is 6.04 Å². The lowest BCUT2D eigenvalue weighted by atomic mass is 10.2. The highest BCUT2D eigenvalue weighted by Gasteiger charge is 2.22. The molecule has 0 aliphatic carbocycles. The van der Waals surface area contributed by atoms with Gasteiger partial charge in [0.15, 0.2) is 5.65 Å². The van der Waals surface area contributed by atoms with Crippen LogP contribution < -0.4 is 11.1 Å². The molecular formula is C13H19N5O. The summed E-state index contributed by atoms with van der Waals surface area (Å²) in [5.74, 6) is 0.215. The third-order valence-corrected chi connectivity index (χ3v) is 3.01. The fourth-order valence-electron chi connectivity index (χ4n) is 2.03. The lowest BCUT2D eigenvalue weighted by Gasteiger charge is -2.17. The zero-order valence-corrected chi connectivity index (χ0v) is 11.6. The first-order valence-electron chi connectivity index (χ1n) is 6.31. The number of aryl methyl sites for hydroxylation is 1. The Balaban J connectivity index is 2.47. The predicted octanol–water partition coefficient (Wildman–Crippen LogP) is 1.41. The van der Waals surface area contributed by atoms with Crippen LogP contribution in [0.2, 0.25) is 0 Å². The maximum atomic E-state index is 12.1. The molecule has 6 nitrogen and oxygen atoms in total. The van der Waals surface area contributed by atoms with Gasteiger partial charge in [0.25, 0.3) is 0 Å². The Bertz CT molecular complexity index is 617. The summed E-state index contributed by atoms with van der Waals surface area (Å²) in [4.78, 5) is 20.7. The maximum absolute atomic E-state index is 12.1. The first-order valence-corrected chi connectivity index (χ1v) is 6.31. The number of carbonyl (C=O) groups is 1.